The van der Waals surface area contributed by atoms with Crippen molar-refractivity contribution in [1.82, 2.24) is 9.80 Å². The van der Waals surface area contributed by atoms with Gasteiger partial charge in [0.05, 0.1) is 11.6 Å². The lowest BCUT2D eigenvalue weighted by molar-refractivity contribution is -0.135. The van der Waals surface area contributed by atoms with Crippen LogP contribution in [0.15, 0.2) is 0 Å². The molecule has 1 fully saturated rings. The van der Waals surface area contributed by atoms with Crippen LogP contribution < -0.4 is 5.73 Å². The highest BCUT2D eigenvalue weighted by Crippen LogP contribution is 2.11. The van der Waals surface area contributed by atoms with Crippen LogP contribution in [0, 0.1) is 5.92 Å². The van der Waals surface area contributed by atoms with Crippen molar-refractivity contribution in [3.05, 3.63) is 0 Å². The van der Waals surface area contributed by atoms with E-state index in [1.807, 2.05) is 18.7 Å². The highest BCUT2D eigenvalue weighted by molar-refractivity contribution is 5.82. The number of piperazine rings is 1. The van der Waals surface area contributed by atoms with Crippen LogP contribution in [-0.2, 0) is 4.79 Å². The topological polar surface area (TPSA) is 69.8 Å². The van der Waals surface area contributed by atoms with Gasteiger partial charge in [0.1, 0.15) is 0 Å². The summed E-state index contributed by atoms with van der Waals surface area (Å²) in [6.45, 7) is 11.2. The van der Waals surface area contributed by atoms with E-state index in [1.165, 1.54) is 0 Å². The van der Waals surface area contributed by atoms with E-state index in [9.17, 15) is 9.90 Å². The van der Waals surface area contributed by atoms with Crippen molar-refractivity contribution in [2.75, 3.05) is 32.7 Å². The number of amides is 1. The highest BCUT2D eigenvalue weighted by atomic mass is 16.3. The molecule has 1 saturated heterocycles. The molecule has 1 amide bonds. The summed E-state index contributed by atoms with van der Waals surface area (Å²) in [7, 11) is 0. The lowest BCUT2D eigenvalue weighted by Gasteiger charge is -2.38. The van der Waals surface area contributed by atoms with Crippen LogP contribution in [0.1, 0.15) is 27.7 Å². The molecular formula is C13H27N3O2. The van der Waals surface area contributed by atoms with Crippen molar-refractivity contribution >= 4 is 5.91 Å². The minimum absolute atomic E-state index is 0.0490. The normalized spacial score (nSPS) is 20.3. The molecule has 1 aliphatic heterocycles. The summed E-state index contributed by atoms with van der Waals surface area (Å²) in [5, 5.41) is 9.76. The molecule has 3 N–H and O–H groups in total. The van der Waals surface area contributed by atoms with E-state index in [2.05, 4.69) is 4.90 Å². The molecule has 0 aliphatic carbocycles. The largest absolute Gasteiger partial charge is 0.389 e. The molecule has 1 atom stereocenters. The van der Waals surface area contributed by atoms with Gasteiger partial charge in [-0.3, -0.25) is 9.69 Å². The maximum Gasteiger partial charge on any atom is 0.239 e. The zero-order valence-electron chi connectivity index (χ0n) is 12.0. The predicted octanol–water partition coefficient (Wildman–Crippen LogP) is -0.115. The number of β-amino-alcohol motifs (C(OH)–C–C–N with tert-alkyl or cyclic N) is 1. The zero-order chi connectivity index (χ0) is 13.9. The first-order valence-corrected chi connectivity index (χ1v) is 6.70. The van der Waals surface area contributed by atoms with Gasteiger partial charge in [-0.1, -0.05) is 13.8 Å². The number of nitrogens with two attached hydrogens (primary N) is 1. The van der Waals surface area contributed by atoms with Crippen LogP contribution in [0.4, 0.5) is 0 Å². The van der Waals surface area contributed by atoms with E-state index in [0.717, 1.165) is 13.1 Å². The summed E-state index contributed by atoms with van der Waals surface area (Å²) in [6.07, 6.45) is 0. The smallest absolute Gasteiger partial charge is 0.239 e. The standard InChI is InChI=1S/C13H27N3O2/c1-10(2)11(14)12(17)16-7-5-15(6-8-16)9-13(3,4)18/h10-11,18H,5-9,14H2,1-4H3/t11-/m1/s1. The first-order valence-electron chi connectivity index (χ1n) is 6.70. The average molecular weight is 257 g/mol. The Balaban J connectivity index is 2.42. The summed E-state index contributed by atoms with van der Waals surface area (Å²) in [6, 6.07) is -0.397. The van der Waals surface area contributed by atoms with Gasteiger partial charge in [-0.2, -0.15) is 0 Å². The Kier molecular flexibility index (Phi) is 5.13. The Morgan fingerprint density at radius 1 is 1.28 bits per heavy atom. The van der Waals surface area contributed by atoms with Gasteiger partial charge in [0.2, 0.25) is 5.91 Å². The van der Waals surface area contributed by atoms with Gasteiger partial charge in [0.15, 0.2) is 0 Å². The van der Waals surface area contributed by atoms with Gasteiger partial charge in [0, 0.05) is 32.7 Å². The SMILES string of the molecule is CC(C)[C@@H](N)C(=O)N1CCN(CC(C)(C)O)CC1. The molecule has 0 radical (unpaired) electrons. The number of aliphatic hydroxyl groups is 1. The summed E-state index contributed by atoms with van der Waals surface area (Å²) >= 11 is 0. The fraction of sp³-hybridized carbons (Fsp3) is 0.923. The molecule has 1 aliphatic rings. The molecule has 0 saturated carbocycles. The fourth-order valence-electron chi connectivity index (χ4n) is 2.17. The van der Waals surface area contributed by atoms with E-state index in [1.54, 1.807) is 13.8 Å². The second-order valence-corrected chi connectivity index (χ2v) is 6.18. The number of rotatable bonds is 4. The second kappa shape index (κ2) is 5.99. The Bertz CT molecular complexity index is 278. The molecule has 5 nitrogen and oxygen atoms in total. The molecule has 1 heterocycles. The molecule has 106 valence electrons. The Labute approximate surface area is 110 Å². The molecule has 0 aromatic heterocycles. The van der Waals surface area contributed by atoms with E-state index in [4.69, 9.17) is 5.73 Å². The summed E-state index contributed by atoms with van der Waals surface area (Å²) in [5.74, 6) is 0.222. The Hall–Kier alpha value is -0.650. The van der Waals surface area contributed by atoms with Crippen molar-refractivity contribution in [2.24, 2.45) is 11.7 Å². The van der Waals surface area contributed by atoms with Crippen molar-refractivity contribution in [2.45, 2.75) is 39.3 Å². The minimum atomic E-state index is -0.680. The summed E-state index contributed by atoms with van der Waals surface area (Å²) in [4.78, 5) is 16.1. The van der Waals surface area contributed by atoms with Crippen molar-refractivity contribution in [3.63, 3.8) is 0 Å². The monoisotopic (exact) mass is 257 g/mol. The average Bonchev–Trinajstić information content (AvgIpc) is 2.26. The third-order valence-corrected chi connectivity index (χ3v) is 3.30. The number of hydrogen-bond acceptors (Lipinski definition) is 4. The van der Waals surface area contributed by atoms with E-state index in [-0.39, 0.29) is 11.8 Å². The minimum Gasteiger partial charge on any atom is -0.389 e. The number of nitrogens with zero attached hydrogens (tertiary/aromatic N) is 2. The first kappa shape index (κ1) is 15.4. The molecule has 0 spiro atoms. The van der Waals surface area contributed by atoms with Crippen molar-refractivity contribution < 1.29 is 9.90 Å². The number of carbonyl (C=O) groups is 1. The van der Waals surface area contributed by atoms with Crippen LogP contribution >= 0.6 is 0 Å². The lowest BCUT2D eigenvalue weighted by atomic mass is 10.0. The van der Waals surface area contributed by atoms with Crippen LogP contribution in [0.3, 0.4) is 0 Å². The number of hydrogen-bond donors (Lipinski definition) is 2. The third kappa shape index (κ3) is 4.55. The first-order chi connectivity index (χ1) is 8.20. The molecule has 0 aromatic rings. The van der Waals surface area contributed by atoms with Crippen molar-refractivity contribution in [3.8, 4) is 0 Å². The quantitative estimate of drug-likeness (QED) is 0.737. The van der Waals surface area contributed by atoms with Gasteiger partial charge < -0.3 is 15.7 Å². The highest BCUT2D eigenvalue weighted by Gasteiger charge is 2.28. The van der Waals surface area contributed by atoms with Crippen LogP contribution in [-0.4, -0.2) is 65.2 Å². The third-order valence-electron chi connectivity index (χ3n) is 3.30. The van der Waals surface area contributed by atoms with Gasteiger partial charge >= 0.3 is 0 Å². The fourth-order valence-corrected chi connectivity index (χ4v) is 2.17. The summed E-state index contributed by atoms with van der Waals surface area (Å²) < 4.78 is 0. The van der Waals surface area contributed by atoms with E-state index < -0.39 is 11.6 Å². The van der Waals surface area contributed by atoms with Crippen LogP contribution in [0.2, 0.25) is 0 Å². The predicted molar refractivity (Wildman–Crippen MR) is 72.1 cm³/mol. The molecule has 0 aromatic carbocycles. The maximum atomic E-state index is 12.1. The Morgan fingerprint density at radius 3 is 2.17 bits per heavy atom. The molecule has 0 bridgehead atoms. The van der Waals surface area contributed by atoms with E-state index >= 15 is 0 Å². The maximum absolute atomic E-state index is 12.1. The van der Waals surface area contributed by atoms with Gasteiger partial charge in [0.25, 0.3) is 0 Å². The van der Waals surface area contributed by atoms with E-state index in [0.29, 0.717) is 19.6 Å². The molecule has 1 rings (SSSR count). The number of carbonyl (C=O) groups excluding carboxylic acids is 1. The van der Waals surface area contributed by atoms with Crippen molar-refractivity contribution in [1.29, 1.82) is 0 Å². The molecular weight excluding hydrogens is 230 g/mol. The lowest BCUT2D eigenvalue weighted by Crippen LogP contribution is -2.55. The van der Waals surface area contributed by atoms with Gasteiger partial charge in [-0.15, -0.1) is 0 Å². The summed E-state index contributed by atoms with van der Waals surface area (Å²) in [5.41, 5.74) is 5.20. The molecule has 0 unspecified atom stereocenters. The molecule has 5 heteroatoms. The molecule has 18 heavy (non-hydrogen) atoms. The van der Waals surface area contributed by atoms with Crippen LogP contribution in [0.25, 0.3) is 0 Å². The van der Waals surface area contributed by atoms with Gasteiger partial charge in [-0.05, 0) is 19.8 Å². The van der Waals surface area contributed by atoms with Gasteiger partial charge in [-0.25, -0.2) is 0 Å². The second-order valence-electron chi connectivity index (χ2n) is 6.18. The zero-order valence-corrected chi connectivity index (χ0v) is 12.0. The Morgan fingerprint density at radius 2 is 1.78 bits per heavy atom. The van der Waals surface area contributed by atoms with Crippen LogP contribution in [0.5, 0.6) is 0 Å².